The van der Waals surface area contributed by atoms with Gasteiger partial charge in [-0.15, -0.1) is 0 Å². The summed E-state index contributed by atoms with van der Waals surface area (Å²) in [7, 11) is 1.55. The van der Waals surface area contributed by atoms with Gasteiger partial charge in [0.25, 0.3) is 5.91 Å². The van der Waals surface area contributed by atoms with E-state index in [0.717, 1.165) is 16.7 Å². The molecule has 0 bridgehead atoms. The van der Waals surface area contributed by atoms with Crippen LogP contribution in [0.1, 0.15) is 41.2 Å². The monoisotopic (exact) mass is 517 g/mol. The van der Waals surface area contributed by atoms with E-state index < -0.39 is 30.1 Å². The van der Waals surface area contributed by atoms with Crippen molar-refractivity contribution < 1.29 is 34.0 Å². The van der Waals surface area contributed by atoms with Crippen LogP contribution in [0, 0.1) is 0 Å². The zero-order valence-electron chi connectivity index (χ0n) is 21.2. The molecule has 3 aromatic rings. The summed E-state index contributed by atoms with van der Waals surface area (Å²) in [6.45, 7) is 0.391. The Morgan fingerprint density at radius 2 is 1.68 bits per heavy atom. The van der Waals surface area contributed by atoms with Crippen LogP contribution < -0.4 is 9.47 Å². The van der Waals surface area contributed by atoms with Crippen LogP contribution in [0.2, 0.25) is 0 Å². The number of hydrogen-bond donors (Lipinski definition) is 2. The number of ether oxygens (including phenoxy) is 3. The molecule has 198 valence electrons. The van der Waals surface area contributed by atoms with Crippen molar-refractivity contribution >= 4 is 11.9 Å². The summed E-state index contributed by atoms with van der Waals surface area (Å²) in [5.74, 6) is -0.519. The van der Waals surface area contributed by atoms with E-state index in [-0.39, 0.29) is 19.1 Å². The zero-order chi connectivity index (χ0) is 26.6. The molecule has 1 fully saturated rings. The molecule has 2 aliphatic rings. The van der Waals surface area contributed by atoms with Crippen LogP contribution in [0.5, 0.6) is 11.5 Å². The maximum atomic E-state index is 13.9. The Morgan fingerprint density at radius 1 is 1.00 bits per heavy atom. The number of aliphatic hydroxyl groups is 1. The summed E-state index contributed by atoms with van der Waals surface area (Å²) in [6, 6.07) is 21.3. The molecule has 0 saturated heterocycles. The number of aliphatic hydroxyl groups excluding tert-OH is 1. The smallest absolute Gasteiger partial charge is 0.326 e. The molecule has 2 atom stereocenters. The van der Waals surface area contributed by atoms with Crippen LogP contribution >= 0.6 is 0 Å². The molecule has 1 amide bonds. The largest absolute Gasteiger partial charge is 0.493 e. The van der Waals surface area contributed by atoms with Crippen molar-refractivity contribution in [3.63, 3.8) is 0 Å². The number of amides is 1. The van der Waals surface area contributed by atoms with Crippen LogP contribution in [-0.2, 0) is 33.9 Å². The lowest BCUT2D eigenvalue weighted by Crippen LogP contribution is -2.51. The molecule has 1 aliphatic heterocycles. The second-order valence-electron chi connectivity index (χ2n) is 9.71. The molecule has 1 saturated carbocycles. The first-order valence-electron chi connectivity index (χ1n) is 12.7. The van der Waals surface area contributed by atoms with E-state index >= 15 is 0 Å². The van der Waals surface area contributed by atoms with Gasteiger partial charge in [0, 0.05) is 18.5 Å². The summed E-state index contributed by atoms with van der Waals surface area (Å²) in [6.07, 6.45) is -0.704. The summed E-state index contributed by atoms with van der Waals surface area (Å²) < 4.78 is 17.8. The number of methoxy groups -OCH3 is 1. The number of carboxylic acid groups (broad SMARTS) is 1. The number of nitrogens with zero attached hydrogens (tertiary/aromatic N) is 1. The van der Waals surface area contributed by atoms with E-state index in [1.165, 1.54) is 4.90 Å². The van der Waals surface area contributed by atoms with Crippen molar-refractivity contribution in [2.24, 2.45) is 0 Å². The molecule has 3 aromatic carbocycles. The molecular formula is C30H31NO7. The maximum absolute atomic E-state index is 13.9. The first-order chi connectivity index (χ1) is 18.4. The normalized spacial score (nSPS) is 21.1. The fourth-order valence-corrected chi connectivity index (χ4v) is 5.02. The van der Waals surface area contributed by atoms with E-state index in [9.17, 15) is 19.8 Å². The molecule has 0 aromatic heterocycles. The highest BCUT2D eigenvalue weighted by atomic mass is 16.5. The van der Waals surface area contributed by atoms with Crippen molar-refractivity contribution in [1.82, 2.24) is 4.90 Å². The fourth-order valence-electron chi connectivity index (χ4n) is 5.02. The summed E-state index contributed by atoms with van der Waals surface area (Å²) in [5.41, 5.74) is 3.13. The molecule has 1 aliphatic carbocycles. The molecule has 0 unspecified atom stereocenters. The van der Waals surface area contributed by atoms with Crippen molar-refractivity contribution in [2.75, 3.05) is 7.11 Å². The minimum Gasteiger partial charge on any atom is -0.493 e. The van der Waals surface area contributed by atoms with E-state index in [2.05, 4.69) is 0 Å². The fraction of sp³-hybridized carbons (Fsp3) is 0.333. The molecule has 2 N–H and O–H groups in total. The lowest BCUT2D eigenvalue weighted by atomic mass is 9.90. The average Bonchev–Trinajstić information content (AvgIpc) is 2.93. The molecule has 8 nitrogen and oxygen atoms in total. The van der Waals surface area contributed by atoms with Crippen LogP contribution in [0.15, 0.2) is 72.8 Å². The van der Waals surface area contributed by atoms with Crippen molar-refractivity contribution in [3.8, 4) is 11.5 Å². The number of hydrogen-bond acceptors (Lipinski definition) is 6. The van der Waals surface area contributed by atoms with Crippen LogP contribution in [0.4, 0.5) is 0 Å². The average molecular weight is 518 g/mol. The highest BCUT2D eigenvalue weighted by molar-refractivity contribution is 5.88. The minimum absolute atomic E-state index is 0.0708. The number of aliphatic carboxylic acids is 1. The zero-order valence-corrected chi connectivity index (χ0v) is 21.2. The predicted octanol–water partition coefficient (Wildman–Crippen LogP) is 3.89. The second-order valence-corrected chi connectivity index (χ2v) is 9.71. The Bertz CT molecular complexity index is 1270. The van der Waals surface area contributed by atoms with Gasteiger partial charge in [0.05, 0.1) is 19.3 Å². The van der Waals surface area contributed by atoms with Gasteiger partial charge in [-0.3, -0.25) is 4.79 Å². The number of rotatable bonds is 9. The Morgan fingerprint density at radius 3 is 2.32 bits per heavy atom. The van der Waals surface area contributed by atoms with Gasteiger partial charge in [-0.25, -0.2) is 4.79 Å². The van der Waals surface area contributed by atoms with Gasteiger partial charge < -0.3 is 29.3 Å². The van der Waals surface area contributed by atoms with Gasteiger partial charge >= 0.3 is 5.97 Å². The van der Waals surface area contributed by atoms with Gasteiger partial charge in [0.15, 0.2) is 17.6 Å². The first kappa shape index (κ1) is 25.8. The Hall–Kier alpha value is -3.88. The Balaban J connectivity index is 1.45. The van der Waals surface area contributed by atoms with E-state index in [4.69, 9.17) is 14.2 Å². The van der Waals surface area contributed by atoms with E-state index in [1.54, 1.807) is 25.3 Å². The molecule has 8 heteroatoms. The quantitative estimate of drug-likeness (QED) is 0.444. The molecule has 1 heterocycles. The lowest BCUT2D eigenvalue weighted by Gasteiger charge is -2.39. The standard InChI is InChI=1S/C30H31NO7/c1-36-26-13-12-21-17-31(29(33)27(20-10-6-3-7-11-20)38-23-14-22(32)15-23)25(30(34)35)16-24(21)28(26)37-18-19-8-4-2-5-9-19/h2-13,22-23,25,27,32H,14-18H2,1H3,(H,34,35)/t22?,23?,25-,27-/m0/s1. The van der Waals surface area contributed by atoms with Crippen LogP contribution in [-0.4, -0.2) is 52.3 Å². The van der Waals surface area contributed by atoms with Gasteiger partial charge in [-0.2, -0.15) is 0 Å². The third-order valence-corrected chi connectivity index (χ3v) is 7.17. The van der Waals surface area contributed by atoms with Crippen molar-refractivity contribution in [1.29, 1.82) is 0 Å². The number of carboxylic acids is 1. The Labute approximate surface area is 221 Å². The molecule has 38 heavy (non-hydrogen) atoms. The maximum Gasteiger partial charge on any atom is 0.326 e. The first-order valence-corrected chi connectivity index (χ1v) is 12.7. The van der Waals surface area contributed by atoms with Crippen LogP contribution in [0.25, 0.3) is 0 Å². The third kappa shape index (κ3) is 5.37. The number of fused-ring (bicyclic) bond motifs is 1. The van der Waals surface area contributed by atoms with E-state index in [0.29, 0.717) is 36.5 Å². The lowest BCUT2D eigenvalue weighted by molar-refractivity contribution is -0.167. The molecule has 0 spiro atoms. The highest BCUT2D eigenvalue weighted by Crippen LogP contribution is 2.40. The summed E-state index contributed by atoms with van der Waals surface area (Å²) in [5, 5.41) is 19.9. The minimum atomic E-state index is -1.11. The van der Waals surface area contributed by atoms with Gasteiger partial charge in [-0.1, -0.05) is 66.7 Å². The number of carbonyl (C=O) groups excluding carboxylic acids is 1. The number of carbonyl (C=O) groups is 2. The topological polar surface area (TPSA) is 106 Å². The predicted molar refractivity (Wildman–Crippen MR) is 139 cm³/mol. The summed E-state index contributed by atoms with van der Waals surface area (Å²) >= 11 is 0. The van der Waals surface area contributed by atoms with Crippen LogP contribution in [0.3, 0.4) is 0 Å². The van der Waals surface area contributed by atoms with E-state index in [1.807, 2.05) is 54.6 Å². The van der Waals surface area contributed by atoms with Gasteiger partial charge in [0.2, 0.25) is 0 Å². The summed E-state index contributed by atoms with van der Waals surface area (Å²) in [4.78, 5) is 27.8. The van der Waals surface area contributed by atoms with Gasteiger partial charge in [0.1, 0.15) is 12.6 Å². The molecule has 5 rings (SSSR count). The third-order valence-electron chi connectivity index (χ3n) is 7.17. The van der Waals surface area contributed by atoms with Gasteiger partial charge in [-0.05, 0) is 35.6 Å². The SMILES string of the molecule is COc1ccc2c(c1OCc1ccccc1)C[C@@H](C(=O)O)N(C(=O)[C@@H](OC1CC(O)C1)c1ccccc1)C2. The highest BCUT2D eigenvalue weighted by Gasteiger charge is 2.42. The number of benzene rings is 3. The van der Waals surface area contributed by atoms with Crippen molar-refractivity contribution in [3.05, 3.63) is 95.1 Å². The molecular weight excluding hydrogens is 486 g/mol. The molecule has 0 radical (unpaired) electrons. The van der Waals surface area contributed by atoms with Crippen molar-refractivity contribution in [2.45, 2.75) is 56.8 Å². The Kier molecular flexibility index (Phi) is 7.62. The second kappa shape index (κ2) is 11.2.